The van der Waals surface area contributed by atoms with E-state index in [9.17, 15) is 10.0 Å². The van der Waals surface area contributed by atoms with E-state index in [2.05, 4.69) is 0 Å². The Labute approximate surface area is 152 Å². The molecule has 4 rings (SSSR count). The zero-order chi connectivity index (χ0) is 18.3. The number of fused-ring (bicyclic) bond motifs is 1. The van der Waals surface area contributed by atoms with Crippen molar-refractivity contribution in [2.24, 2.45) is 0 Å². The van der Waals surface area contributed by atoms with E-state index < -0.39 is 0 Å². The lowest BCUT2D eigenvalue weighted by Crippen LogP contribution is -2.29. The van der Waals surface area contributed by atoms with Crippen LogP contribution in [0.1, 0.15) is 54.6 Å². The van der Waals surface area contributed by atoms with Crippen molar-refractivity contribution < 1.29 is 24.2 Å². The number of benzene rings is 1. The van der Waals surface area contributed by atoms with Crippen LogP contribution in [-0.4, -0.2) is 24.3 Å². The third-order valence-electron chi connectivity index (χ3n) is 5.28. The van der Waals surface area contributed by atoms with Crippen LogP contribution >= 0.6 is 0 Å². The Bertz CT molecular complexity index is 846. The predicted molar refractivity (Wildman–Crippen MR) is 94.9 cm³/mol. The maximum atomic E-state index is 12.9. The van der Waals surface area contributed by atoms with E-state index in [1.165, 1.54) is 19.0 Å². The molecule has 1 N–H and O–H groups in total. The van der Waals surface area contributed by atoms with Crippen LogP contribution < -0.4 is 19.1 Å². The quantitative estimate of drug-likeness (QED) is 0.675. The van der Waals surface area contributed by atoms with Crippen molar-refractivity contribution in [2.75, 3.05) is 12.0 Å². The van der Waals surface area contributed by atoms with Crippen LogP contribution in [0.4, 0.5) is 5.69 Å². The van der Waals surface area contributed by atoms with Crippen LogP contribution in [-0.2, 0) is 0 Å². The first-order valence-electron chi connectivity index (χ1n) is 9.01. The molecule has 1 amide bonds. The number of aromatic nitrogens is 1. The molecule has 2 aromatic rings. The Hall–Kier alpha value is -2.76. The standard InChI is InChI=1S/C20H23N2O4/c1-13-17-12-21(24)10-9-16(17)20(23)22(13)14-7-8-18(25-2)19(11-14)26-15-5-3-4-6-15/h7-13,15,24H,3-6H2,1-2H3/q+1. The Morgan fingerprint density at radius 3 is 2.69 bits per heavy atom. The fraction of sp³-hybridized carbons (Fsp3) is 0.400. The minimum absolute atomic E-state index is 0.0786. The van der Waals surface area contributed by atoms with E-state index in [-0.39, 0.29) is 18.1 Å². The molecule has 1 saturated carbocycles. The molecule has 6 nitrogen and oxygen atoms in total. The molecule has 2 heterocycles. The van der Waals surface area contributed by atoms with Gasteiger partial charge in [0.25, 0.3) is 5.91 Å². The van der Waals surface area contributed by atoms with Crippen molar-refractivity contribution >= 4 is 11.6 Å². The molecular formula is C20H23N2O4+. The molecule has 2 aliphatic rings. The highest BCUT2D eigenvalue weighted by Gasteiger charge is 2.37. The Kier molecular flexibility index (Phi) is 4.18. The Morgan fingerprint density at radius 1 is 1.19 bits per heavy atom. The van der Waals surface area contributed by atoms with Crippen molar-refractivity contribution in [3.8, 4) is 11.5 Å². The third-order valence-corrected chi connectivity index (χ3v) is 5.28. The van der Waals surface area contributed by atoms with E-state index in [1.807, 2.05) is 25.1 Å². The lowest BCUT2D eigenvalue weighted by atomic mass is 10.1. The van der Waals surface area contributed by atoms with Gasteiger partial charge >= 0.3 is 0 Å². The average molecular weight is 355 g/mol. The molecule has 1 fully saturated rings. The van der Waals surface area contributed by atoms with Gasteiger partial charge < -0.3 is 14.4 Å². The molecule has 1 aliphatic heterocycles. The zero-order valence-electron chi connectivity index (χ0n) is 15.0. The first-order chi connectivity index (χ1) is 12.6. The lowest BCUT2D eigenvalue weighted by molar-refractivity contribution is -0.905. The fourth-order valence-corrected chi connectivity index (χ4v) is 3.91. The summed E-state index contributed by atoms with van der Waals surface area (Å²) >= 11 is 0. The normalized spacial score (nSPS) is 19.7. The van der Waals surface area contributed by atoms with Gasteiger partial charge in [0.05, 0.1) is 30.4 Å². The molecule has 1 atom stereocenters. The number of hydrogen-bond donors (Lipinski definition) is 1. The van der Waals surface area contributed by atoms with E-state index in [0.717, 1.165) is 28.8 Å². The van der Waals surface area contributed by atoms with Crippen LogP contribution in [0.2, 0.25) is 0 Å². The van der Waals surface area contributed by atoms with Gasteiger partial charge in [-0.1, -0.05) is 0 Å². The first-order valence-corrected chi connectivity index (χ1v) is 9.01. The molecule has 6 heteroatoms. The van der Waals surface area contributed by atoms with Crippen molar-refractivity contribution in [1.29, 1.82) is 0 Å². The molecule has 136 valence electrons. The second-order valence-electron chi connectivity index (χ2n) is 6.90. The van der Waals surface area contributed by atoms with Gasteiger partial charge in [-0.2, -0.15) is 0 Å². The smallest absolute Gasteiger partial charge is 0.259 e. The van der Waals surface area contributed by atoms with Crippen LogP contribution in [0.25, 0.3) is 0 Å². The number of methoxy groups -OCH3 is 1. The van der Waals surface area contributed by atoms with E-state index in [0.29, 0.717) is 17.1 Å². The van der Waals surface area contributed by atoms with Crippen molar-refractivity contribution in [3.05, 3.63) is 47.8 Å². The van der Waals surface area contributed by atoms with Crippen LogP contribution in [0.3, 0.4) is 0 Å². The molecule has 0 spiro atoms. The van der Waals surface area contributed by atoms with Gasteiger partial charge in [-0.05, 0) is 44.7 Å². The second kappa shape index (κ2) is 6.52. The van der Waals surface area contributed by atoms with E-state index in [1.54, 1.807) is 24.3 Å². The van der Waals surface area contributed by atoms with Crippen LogP contribution in [0, 0.1) is 0 Å². The first kappa shape index (κ1) is 16.7. The average Bonchev–Trinajstić information content (AvgIpc) is 3.22. The fourth-order valence-electron chi connectivity index (χ4n) is 3.91. The topological polar surface area (TPSA) is 62.9 Å². The van der Waals surface area contributed by atoms with Crippen LogP contribution in [0.5, 0.6) is 11.5 Å². The highest BCUT2D eigenvalue weighted by Crippen LogP contribution is 2.40. The number of rotatable bonds is 4. The molecule has 1 aromatic carbocycles. The lowest BCUT2D eigenvalue weighted by Gasteiger charge is -2.24. The summed E-state index contributed by atoms with van der Waals surface area (Å²) in [4.78, 5) is 14.6. The summed E-state index contributed by atoms with van der Waals surface area (Å²) in [6.45, 7) is 1.95. The molecule has 1 aromatic heterocycles. The number of pyridine rings is 1. The number of nitrogens with zero attached hydrogens (tertiary/aromatic N) is 2. The number of anilines is 1. The zero-order valence-corrected chi connectivity index (χ0v) is 15.0. The van der Waals surface area contributed by atoms with Crippen molar-refractivity contribution in [1.82, 2.24) is 0 Å². The minimum atomic E-state index is -0.176. The van der Waals surface area contributed by atoms with Crippen LogP contribution in [0.15, 0.2) is 36.7 Å². The predicted octanol–water partition coefficient (Wildman–Crippen LogP) is 3.26. The number of hydrogen-bond acceptors (Lipinski definition) is 4. The maximum Gasteiger partial charge on any atom is 0.259 e. The molecule has 1 unspecified atom stereocenters. The molecular weight excluding hydrogens is 332 g/mol. The number of ether oxygens (including phenoxy) is 2. The van der Waals surface area contributed by atoms with Gasteiger partial charge in [-0.15, -0.1) is 0 Å². The molecule has 1 aliphatic carbocycles. The summed E-state index contributed by atoms with van der Waals surface area (Å²) in [6.07, 6.45) is 7.72. The summed E-state index contributed by atoms with van der Waals surface area (Å²) in [6, 6.07) is 7.06. The molecule has 0 radical (unpaired) electrons. The van der Waals surface area contributed by atoms with Gasteiger partial charge in [0.15, 0.2) is 11.5 Å². The number of amides is 1. The summed E-state index contributed by atoms with van der Waals surface area (Å²) in [5.74, 6) is 1.26. The highest BCUT2D eigenvalue weighted by molar-refractivity contribution is 6.10. The Balaban J connectivity index is 1.68. The largest absolute Gasteiger partial charge is 0.493 e. The molecule has 26 heavy (non-hydrogen) atoms. The third kappa shape index (κ3) is 2.75. The number of carbonyl (C=O) groups is 1. The van der Waals surface area contributed by atoms with Gasteiger partial charge in [0.1, 0.15) is 0 Å². The summed E-state index contributed by atoms with van der Waals surface area (Å²) in [7, 11) is 1.62. The van der Waals surface area contributed by atoms with Gasteiger partial charge in [-0.25, -0.2) is 0 Å². The molecule has 0 saturated heterocycles. The number of carbonyl (C=O) groups excluding carboxylic acids is 1. The maximum absolute atomic E-state index is 12.9. The van der Waals surface area contributed by atoms with Gasteiger partial charge in [-0.3, -0.25) is 10.0 Å². The second-order valence-corrected chi connectivity index (χ2v) is 6.90. The summed E-state index contributed by atoms with van der Waals surface area (Å²) in [5, 5.41) is 9.68. The monoisotopic (exact) mass is 355 g/mol. The highest BCUT2D eigenvalue weighted by atomic mass is 16.5. The SMILES string of the molecule is COc1ccc(N2C(=O)c3cc[n+](O)cc3C2C)cc1OC1CCCC1. The van der Waals surface area contributed by atoms with Crippen molar-refractivity contribution in [2.45, 2.75) is 44.8 Å². The van der Waals surface area contributed by atoms with E-state index in [4.69, 9.17) is 9.47 Å². The molecule has 0 bridgehead atoms. The summed E-state index contributed by atoms with van der Waals surface area (Å²) < 4.78 is 12.6. The minimum Gasteiger partial charge on any atom is -0.493 e. The van der Waals surface area contributed by atoms with Gasteiger partial charge in [0.2, 0.25) is 12.4 Å². The Morgan fingerprint density at radius 2 is 1.96 bits per heavy atom. The van der Waals surface area contributed by atoms with E-state index >= 15 is 0 Å². The van der Waals surface area contributed by atoms with Gasteiger partial charge in [0, 0.05) is 22.6 Å². The van der Waals surface area contributed by atoms with Crippen molar-refractivity contribution in [3.63, 3.8) is 0 Å². The summed E-state index contributed by atoms with van der Waals surface area (Å²) in [5.41, 5.74) is 2.17.